The standard InChI is InChI=1S/C18H22ClN3O/c1-12-17(18(23)20-15-8-4-5-9-15)13(2)22(21-12)11-14-7-3-6-10-16(14)19/h3,6-7,10,15H,4-5,8-9,11H2,1-2H3,(H,20,23). The zero-order valence-corrected chi connectivity index (χ0v) is 14.4. The molecule has 1 aromatic carbocycles. The van der Waals surface area contributed by atoms with Crippen LogP contribution in [0.2, 0.25) is 5.02 Å². The molecule has 23 heavy (non-hydrogen) atoms. The van der Waals surface area contributed by atoms with E-state index in [0.29, 0.717) is 18.2 Å². The Balaban J connectivity index is 1.81. The fourth-order valence-electron chi connectivity index (χ4n) is 3.30. The molecule has 1 N–H and O–H groups in total. The number of rotatable bonds is 4. The van der Waals surface area contributed by atoms with E-state index in [2.05, 4.69) is 10.4 Å². The van der Waals surface area contributed by atoms with Gasteiger partial charge in [0, 0.05) is 16.8 Å². The zero-order valence-electron chi connectivity index (χ0n) is 13.6. The molecular formula is C18H22ClN3O. The van der Waals surface area contributed by atoms with E-state index in [9.17, 15) is 4.79 Å². The Labute approximate surface area is 141 Å². The van der Waals surface area contributed by atoms with Gasteiger partial charge in [0.05, 0.1) is 17.8 Å². The normalized spacial score (nSPS) is 15.1. The number of halogens is 1. The van der Waals surface area contributed by atoms with Crippen LogP contribution in [0.4, 0.5) is 0 Å². The largest absolute Gasteiger partial charge is 0.349 e. The van der Waals surface area contributed by atoms with Crippen molar-refractivity contribution >= 4 is 17.5 Å². The third kappa shape index (κ3) is 3.42. The van der Waals surface area contributed by atoms with Crippen LogP contribution in [0.1, 0.15) is 53.0 Å². The van der Waals surface area contributed by atoms with Crippen LogP contribution in [0, 0.1) is 13.8 Å². The predicted octanol–water partition coefficient (Wildman–Crippen LogP) is 3.87. The Morgan fingerprint density at radius 3 is 2.70 bits per heavy atom. The highest BCUT2D eigenvalue weighted by atomic mass is 35.5. The highest BCUT2D eigenvalue weighted by molar-refractivity contribution is 6.31. The van der Waals surface area contributed by atoms with Crippen LogP contribution in [-0.2, 0) is 6.54 Å². The van der Waals surface area contributed by atoms with Crippen molar-refractivity contribution in [1.82, 2.24) is 15.1 Å². The number of nitrogens with one attached hydrogen (secondary N) is 1. The molecule has 1 fully saturated rings. The van der Waals surface area contributed by atoms with Crippen molar-refractivity contribution in [2.24, 2.45) is 0 Å². The van der Waals surface area contributed by atoms with Gasteiger partial charge in [0.1, 0.15) is 0 Å². The lowest BCUT2D eigenvalue weighted by atomic mass is 10.1. The third-order valence-electron chi connectivity index (χ3n) is 4.58. The van der Waals surface area contributed by atoms with Crippen LogP contribution >= 0.6 is 11.6 Å². The van der Waals surface area contributed by atoms with Crippen LogP contribution in [0.25, 0.3) is 0 Å². The topological polar surface area (TPSA) is 46.9 Å². The molecule has 3 rings (SSSR count). The molecule has 0 saturated heterocycles. The van der Waals surface area contributed by atoms with Gasteiger partial charge in [-0.1, -0.05) is 42.6 Å². The summed E-state index contributed by atoms with van der Waals surface area (Å²) in [6.45, 7) is 4.41. The number of aryl methyl sites for hydroxylation is 1. The Bertz CT molecular complexity index is 717. The number of hydrogen-bond acceptors (Lipinski definition) is 2. The molecule has 5 heteroatoms. The number of nitrogens with zero attached hydrogens (tertiary/aromatic N) is 2. The van der Waals surface area contributed by atoms with Crippen molar-refractivity contribution in [2.45, 2.75) is 52.1 Å². The van der Waals surface area contributed by atoms with Crippen LogP contribution in [-0.4, -0.2) is 21.7 Å². The first-order valence-corrected chi connectivity index (χ1v) is 8.52. The molecule has 1 aliphatic carbocycles. The third-order valence-corrected chi connectivity index (χ3v) is 4.95. The van der Waals surface area contributed by atoms with Gasteiger partial charge in [0.15, 0.2) is 0 Å². The number of aromatic nitrogens is 2. The van der Waals surface area contributed by atoms with Gasteiger partial charge in [-0.05, 0) is 38.3 Å². The Hall–Kier alpha value is -1.81. The average Bonchev–Trinajstić information content (AvgIpc) is 3.10. The summed E-state index contributed by atoms with van der Waals surface area (Å²) in [5.74, 6) is -0.00249. The van der Waals surface area contributed by atoms with E-state index in [1.807, 2.05) is 42.8 Å². The van der Waals surface area contributed by atoms with Gasteiger partial charge in [-0.15, -0.1) is 0 Å². The molecule has 1 saturated carbocycles. The number of benzene rings is 1. The molecule has 0 aliphatic heterocycles. The minimum Gasteiger partial charge on any atom is -0.349 e. The molecule has 122 valence electrons. The van der Waals surface area contributed by atoms with E-state index in [-0.39, 0.29) is 5.91 Å². The summed E-state index contributed by atoms with van der Waals surface area (Å²) < 4.78 is 1.86. The van der Waals surface area contributed by atoms with E-state index in [1.54, 1.807) is 0 Å². The van der Waals surface area contributed by atoms with E-state index >= 15 is 0 Å². The highest BCUT2D eigenvalue weighted by Crippen LogP contribution is 2.21. The van der Waals surface area contributed by atoms with Crippen molar-refractivity contribution in [3.63, 3.8) is 0 Å². The minimum absolute atomic E-state index is 0.00249. The van der Waals surface area contributed by atoms with Crippen LogP contribution in [0.3, 0.4) is 0 Å². The van der Waals surface area contributed by atoms with E-state index in [0.717, 1.165) is 34.8 Å². The fraction of sp³-hybridized carbons (Fsp3) is 0.444. The van der Waals surface area contributed by atoms with Gasteiger partial charge in [-0.25, -0.2) is 0 Å². The summed E-state index contributed by atoms with van der Waals surface area (Å²) in [6, 6.07) is 8.04. The van der Waals surface area contributed by atoms with Crippen molar-refractivity contribution in [2.75, 3.05) is 0 Å². The predicted molar refractivity (Wildman–Crippen MR) is 92.0 cm³/mol. The Kier molecular flexibility index (Phi) is 4.71. The van der Waals surface area contributed by atoms with Gasteiger partial charge >= 0.3 is 0 Å². The lowest BCUT2D eigenvalue weighted by molar-refractivity contribution is 0.0936. The number of amides is 1. The van der Waals surface area contributed by atoms with Gasteiger partial charge in [-0.2, -0.15) is 5.10 Å². The van der Waals surface area contributed by atoms with Crippen LogP contribution in [0.5, 0.6) is 0 Å². The fourth-order valence-corrected chi connectivity index (χ4v) is 3.49. The first-order valence-electron chi connectivity index (χ1n) is 8.14. The molecule has 2 aromatic rings. The second kappa shape index (κ2) is 6.75. The van der Waals surface area contributed by atoms with Crippen LogP contribution in [0.15, 0.2) is 24.3 Å². The monoisotopic (exact) mass is 331 g/mol. The SMILES string of the molecule is Cc1nn(Cc2ccccc2Cl)c(C)c1C(=O)NC1CCCC1. The van der Waals surface area contributed by atoms with Crippen LogP contribution < -0.4 is 5.32 Å². The molecule has 1 aliphatic rings. The first-order chi connectivity index (χ1) is 11.1. The van der Waals surface area contributed by atoms with E-state index in [1.165, 1.54) is 12.8 Å². The molecule has 0 atom stereocenters. The summed E-state index contributed by atoms with van der Waals surface area (Å²) >= 11 is 6.23. The smallest absolute Gasteiger partial charge is 0.255 e. The Morgan fingerprint density at radius 2 is 2.00 bits per heavy atom. The maximum atomic E-state index is 12.6. The average molecular weight is 332 g/mol. The van der Waals surface area contributed by atoms with E-state index in [4.69, 9.17) is 11.6 Å². The summed E-state index contributed by atoms with van der Waals surface area (Å²) in [4.78, 5) is 12.6. The maximum Gasteiger partial charge on any atom is 0.255 e. The molecule has 0 unspecified atom stereocenters. The lowest BCUT2D eigenvalue weighted by Crippen LogP contribution is -2.33. The van der Waals surface area contributed by atoms with Crippen molar-refractivity contribution in [3.8, 4) is 0 Å². The first kappa shape index (κ1) is 16.1. The van der Waals surface area contributed by atoms with Gasteiger partial charge in [0.2, 0.25) is 0 Å². The summed E-state index contributed by atoms with van der Waals surface area (Å²) in [6.07, 6.45) is 4.57. The second-order valence-electron chi connectivity index (χ2n) is 6.25. The van der Waals surface area contributed by atoms with Crippen molar-refractivity contribution in [1.29, 1.82) is 0 Å². The number of hydrogen-bond donors (Lipinski definition) is 1. The molecule has 0 spiro atoms. The number of carbonyl (C=O) groups excluding carboxylic acids is 1. The minimum atomic E-state index is -0.00249. The van der Waals surface area contributed by atoms with Gasteiger partial charge < -0.3 is 5.32 Å². The van der Waals surface area contributed by atoms with Gasteiger partial charge in [0.25, 0.3) is 5.91 Å². The van der Waals surface area contributed by atoms with Gasteiger partial charge in [-0.3, -0.25) is 9.48 Å². The maximum absolute atomic E-state index is 12.6. The summed E-state index contributed by atoms with van der Waals surface area (Å²) in [5, 5.41) is 8.41. The number of carbonyl (C=O) groups is 1. The zero-order chi connectivity index (χ0) is 16.4. The second-order valence-corrected chi connectivity index (χ2v) is 6.66. The Morgan fingerprint density at radius 1 is 1.30 bits per heavy atom. The van der Waals surface area contributed by atoms with Crippen molar-refractivity contribution < 1.29 is 4.79 Å². The summed E-state index contributed by atoms with van der Waals surface area (Å²) in [7, 11) is 0. The summed E-state index contributed by atoms with van der Waals surface area (Å²) in [5.41, 5.74) is 3.36. The molecule has 1 heterocycles. The molecule has 1 amide bonds. The highest BCUT2D eigenvalue weighted by Gasteiger charge is 2.23. The lowest BCUT2D eigenvalue weighted by Gasteiger charge is -2.12. The quantitative estimate of drug-likeness (QED) is 0.924. The molecule has 1 aromatic heterocycles. The van der Waals surface area contributed by atoms with Crippen molar-refractivity contribution in [3.05, 3.63) is 51.8 Å². The van der Waals surface area contributed by atoms with E-state index < -0.39 is 0 Å². The molecule has 0 bridgehead atoms. The molecule has 4 nitrogen and oxygen atoms in total. The molecule has 0 radical (unpaired) electrons. The molecular weight excluding hydrogens is 310 g/mol.